The normalized spacial score (nSPS) is 12.7. The minimum Gasteiger partial charge on any atom is -0.462 e. The van der Waals surface area contributed by atoms with Crippen LogP contribution in [0.3, 0.4) is 0 Å². The van der Waals surface area contributed by atoms with Crippen molar-refractivity contribution < 1.29 is 52.5 Å². The predicted molar refractivity (Wildman–Crippen MR) is 137 cm³/mol. The number of anilines is 1. The highest BCUT2D eigenvalue weighted by Gasteiger charge is 2.42. The number of hydrogen-bond donors (Lipinski definition) is 2. The Balaban J connectivity index is 3.27. The maximum Gasteiger partial charge on any atom is 0.341 e. The van der Waals surface area contributed by atoms with Crippen molar-refractivity contribution in [2.75, 3.05) is 18.5 Å². The van der Waals surface area contributed by atoms with Gasteiger partial charge in [-0.05, 0) is 31.6 Å². The molecule has 0 aliphatic rings. The van der Waals surface area contributed by atoms with Crippen LogP contribution in [0, 0.1) is 0 Å². The minimum atomic E-state index is -1.88. The Kier molecular flexibility index (Phi) is 13.3. The Morgan fingerprint density at radius 1 is 0.895 bits per heavy atom. The molecule has 0 aromatic carbocycles. The molecule has 1 aromatic heterocycles. The lowest BCUT2D eigenvalue weighted by Gasteiger charge is -2.30. The molecule has 0 fully saturated rings. The molecule has 0 saturated heterocycles. The summed E-state index contributed by atoms with van der Waals surface area (Å²) in [6.45, 7) is 7.22. The van der Waals surface area contributed by atoms with Crippen molar-refractivity contribution in [3.8, 4) is 0 Å². The van der Waals surface area contributed by atoms with E-state index in [1.165, 1.54) is 11.3 Å². The van der Waals surface area contributed by atoms with Crippen LogP contribution >= 0.6 is 23.6 Å². The third-order valence-electron chi connectivity index (χ3n) is 4.38. The van der Waals surface area contributed by atoms with E-state index in [0.717, 1.165) is 32.6 Å². The lowest BCUT2D eigenvalue weighted by molar-refractivity contribution is -0.190. The molecule has 1 amide bonds. The average Bonchev–Trinajstić information content (AvgIpc) is 3.21. The number of carbonyl (C=O) groups excluding carboxylic acids is 6. The molecule has 1 rings (SSSR count). The van der Waals surface area contributed by atoms with E-state index in [1.807, 2.05) is 6.92 Å². The zero-order chi connectivity index (χ0) is 29.0. The van der Waals surface area contributed by atoms with Crippen LogP contribution in [0.1, 0.15) is 56.8 Å². The molecule has 0 aliphatic carbocycles. The van der Waals surface area contributed by atoms with Gasteiger partial charge in [-0.1, -0.05) is 6.92 Å². The van der Waals surface area contributed by atoms with Crippen LogP contribution in [-0.4, -0.2) is 72.4 Å². The second-order valence-corrected chi connectivity index (χ2v) is 9.07. The molecule has 210 valence electrons. The molecule has 0 radical (unpaired) electrons. The van der Waals surface area contributed by atoms with E-state index in [2.05, 4.69) is 10.6 Å². The minimum absolute atomic E-state index is 0.148. The summed E-state index contributed by atoms with van der Waals surface area (Å²) in [5.41, 5.74) is 0.205. The predicted octanol–water partition coefficient (Wildman–Crippen LogP) is 1.66. The molecule has 1 heterocycles. The highest BCUT2D eigenvalue weighted by atomic mass is 32.1. The van der Waals surface area contributed by atoms with Crippen LogP contribution in [0.2, 0.25) is 0 Å². The fourth-order valence-corrected chi connectivity index (χ4v) is 4.22. The molecular weight excluding hydrogens is 544 g/mol. The van der Waals surface area contributed by atoms with Crippen molar-refractivity contribution in [3.05, 3.63) is 16.5 Å². The largest absolute Gasteiger partial charge is 0.462 e. The number of aryl methyl sites for hydroxylation is 1. The molecule has 0 spiro atoms. The zero-order valence-corrected chi connectivity index (χ0v) is 23.4. The third-order valence-corrected chi connectivity index (χ3v) is 5.78. The standard InChI is InChI=1S/C23H30N2O11S2/c1-7-15-9-16(22(31)32-8-2)21(38-15)25-23(37)24-20(30)19(36-14(6)29)18(35-13(5)28)17(34-12(4)27)10-33-11(3)26/h9,17-19H,7-8,10H2,1-6H3,(H2,24,25,30,37). The van der Waals surface area contributed by atoms with Crippen LogP contribution < -0.4 is 10.6 Å². The van der Waals surface area contributed by atoms with E-state index in [0.29, 0.717) is 11.4 Å². The number of amides is 1. The molecule has 15 heteroatoms. The van der Waals surface area contributed by atoms with E-state index in [-0.39, 0.29) is 17.3 Å². The van der Waals surface area contributed by atoms with Crippen LogP contribution in [-0.2, 0) is 54.1 Å². The number of carbonyl (C=O) groups is 6. The van der Waals surface area contributed by atoms with Crippen LogP contribution in [0.25, 0.3) is 0 Å². The van der Waals surface area contributed by atoms with Crippen molar-refractivity contribution in [2.45, 2.75) is 66.3 Å². The Bertz CT molecular complexity index is 1070. The first-order valence-electron chi connectivity index (χ1n) is 11.4. The monoisotopic (exact) mass is 574 g/mol. The third kappa shape index (κ3) is 10.8. The number of nitrogens with one attached hydrogen (secondary N) is 2. The summed E-state index contributed by atoms with van der Waals surface area (Å²) >= 11 is 6.42. The zero-order valence-electron chi connectivity index (χ0n) is 21.7. The van der Waals surface area contributed by atoms with Gasteiger partial charge in [0.25, 0.3) is 5.91 Å². The highest BCUT2D eigenvalue weighted by Crippen LogP contribution is 2.29. The first kappa shape index (κ1) is 32.4. The summed E-state index contributed by atoms with van der Waals surface area (Å²) in [7, 11) is 0. The topological polar surface area (TPSA) is 173 Å². The van der Waals surface area contributed by atoms with Gasteiger partial charge >= 0.3 is 29.8 Å². The number of thiophene rings is 1. The quantitative estimate of drug-likeness (QED) is 0.210. The van der Waals surface area contributed by atoms with Gasteiger partial charge in [-0.3, -0.25) is 29.3 Å². The molecule has 0 aliphatic heterocycles. The van der Waals surface area contributed by atoms with E-state index < -0.39 is 60.7 Å². The average molecular weight is 575 g/mol. The fraction of sp³-hybridized carbons (Fsp3) is 0.522. The van der Waals surface area contributed by atoms with Gasteiger partial charge in [0.2, 0.25) is 6.10 Å². The van der Waals surface area contributed by atoms with Gasteiger partial charge in [-0.2, -0.15) is 0 Å². The smallest absolute Gasteiger partial charge is 0.341 e. The Labute approximate surface area is 228 Å². The Morgan fingerprint density at radius 2 is 1.50 bits per heavy atom. The molecule has 0 saturated carbocycles. The number of thiocarbonyl (C=S) groups is 1. The van der Waals surface area contributed by atoms with Crippen molar-refractivity contribution in [2.24, 2.45) is 0 Å². The second-order valence-electron chi connectivity index (χ2n) is 7.53. The molecule has 38 heavy (non-hydrogen) atoms. The lowest BCUT2D eigenvalue weighted by Crippen LogP contribution is -2.55. The summed E-state index contributed by atoms with van der Waals surface area (Å²) < 4.78 is 25.3. The Morgan fingerprint density at radius 3 is 2.00 bits per heavy atom. The van der Waals surface area contributed by atoms with Gasteiger partial charge in [0.05, 0.1) is 12.2 Å². The summed E-state index contributed by atoms with van der Waals surface area (Å²) in [4.78, 5) is 73.0. The molecule has 0 bridgehead atoms. The van der Waals surface area contributed by atoms with Crippen LogP contribution in [0.15, 0.2) is 6.07 Å². The fourth-order valence-electron chi connectivity index (χ4n) is 2.97. The number of hydrogen-bond acceptors (Lipinski definition) is 13. The maximum atomic E-state index is 13.2. The van der Waals surface area contributed by atoms with Crippen LogP contribution in [0.5, 0.6) is 0 Å². The summed E-state index contributed by atoms with van der Waals surface area (Å²) in [6.07, 6.45) is -4.49. The summed E-state index contributed by atoms with van der Waals surface area (Å²) in [5.74, 6) is -5.11. The van der Waals surface area contributed by atoms with Gasteiger partial charge < -0.3 is 29.0 Å². The molecule has 2 N–H and O–H groups in total. The first-order valence-corrected chi connectivity index (χ1v) is 12.6. The van der Waals surface area contributed by atoms with Gasteiger partial charge in [0.15, 0.2) is 17.3 Å². The van der Waals surface area contributed by atoms with Crippen molar-refractivity contribution in [1.29, 1.82) is 0 Å². The van der Waals surface area contributed by atoms with Gasteiger partial charge in [0, 0.05) is 32.6 Å². The van der Waals surface area contributed by atoms with Crippen LogP contribution in [0.4, 0.5) is 5.00 Å². The summed E-state index contributed by atoms with van der Waals surface area (Å²) in [6, 6.07) is 1.63. The van der Waals surface area contributed by atoms with Gasteiger partial charge in [-0.15, -0.1) is 11.3 Å². The van der Waals surface area contributed by atoms with E-state index in [4.69, 9.17) is 35.9 Å². The molecule has 3 unspecified atom stereocenters. The first-order chi connectivity index (χ1) is 17.8. The molecule has 13 nitrogen and oxygen atoms in total. The maximum absolute atomic E-state index is 13.2. The molecular formula is C23H30N2O11S2. The van der Waals surface area contributed by atoms with Crippen molar-refractivity contribution >= 4 is 69.4 Å². The number of ether oxygens (including phenoxy) is 5. The molecule has 1 aromatic rings. The van der Waals surface area contributed by atoms with Crippen molar-refractivity contribution in [1.82, 2.24) is 5.32 Å². The van der Waals surface area contributed by atoms with Gasteiger partial charge in [0.1, 0.15) is 11.6 Å². The molecule has 3 atom stereocenters. The lowest BCUT2D eigenvalue weighted by atomic mass is 10.1. The number of rotatable bonds is 12. The SMILES string of the molecule is CCOC(=O)c1cc(CC)sc1NC(=S)NC(=O)C(OC(C)=O)C(OC(C)=O)C(COC(C)=O)OC(C)=O. The second kappa shape index (κ2) is 15.6. The number of esters is 5. The van der Waals surface area contributed by atoms with Gasteiger partial charge in [-0.25, -0.2) is 4.79 Å². The highest BCUT2D eigenvalue weighted by molar-refractivity contribution is 7.80. The Hall–Kier alpha value is -3.59. The van der Waals surface area contributed by atoms with E-state index in [9.17, 15) is 28.8 Å². The van der Waals surface area contributed by atoms with E-state index >= 15 is 0 Å². The summed E-state index contributed by atoms with van der Waals surface area (Å²) in [5, 5.41) is 5.06. The van der Waals surface area contributed by atoms with E-state index in [1.54, 1.807) is 13.0 Å². The van der Waals surface area contributed by atoms with Crippen molar-refractivity contribution in [3.63, 3.8) is 0 Å².